The minimum Gasteiger partial charge on any atom is -0.326 e. The molecule has 132 valence electrons. The molecule has 4 nitrogen and oxygen atoms in total. The second-order valence-corrected chi connectivity index (χ2v) is 8.13. The van der Waals surface area contributed by atoms with Gasteiger partial charge in [0.1, 0.15) is 0 Å². The van der Waals surface area contributed by atoms with E-state index in [9.17, 15) is 9.59 Å². The first-order valence-corrected chi connectivity index (χ1v) is 9.90. The summed E-state index contributed by atoms with van der Waals surface area (Å²) in [7, 11) is 0. The van der Waals surface area contributed by atoms with E-state index >= 15 is 0 Å². The second kappa shape index (κ2) is 8.53. The summed E-state index contributed by atoms with van der Waals surface area (Å²) in [5, 5.41) is 2.81. The van der Waals surface area contributed by atoms with Crippen LogP contribution in [0.2, 0.25) is 0 Å². The zero-order valence-corrected chi connectivity index (χ0v) is 16.9. The summed E-state index contributed by atoms with van der Waals surface area (Å²) in [6, 6.07) is 18.6. The molecule has 3 aromatic rings. The maximum atomic E-state index is 12.4. The topological polar surface area (TPSA) is 51.1 Å². The minimum absolute atomic E-state index is 0.165. The predicted octanol–water partition coefficient (Wildman–Crippen LogP) is 5.10. The van der Waals surface area contributed by atoms with Crippen molar-refractivity contribution in [3.8, 4) is 10.4 Å². The van der Waals surface area contributed by atoms with Crippen molar-refractivity contribution in [2.45, 2.75) is 13.0 Å². The van der Waals surface area contributed by atoms with Gasteiger partial charge in [0, 0.05) is 34.1 Å². The van der Waals surface area contributed by atoms with Gasteiger partial charge in [-0.15, -0.1) is 11.3 Å². The van der Waals surface area contributed by atoms with Gasteiger partial charge >= 0.3 is 0 Å². The van der Waals surface area contributed by atoms with Crippen molar-refractivity contribution in [3.63, 3.8) is 0 Å². The molecule has 1 N–H and O–H groups in total. The fourth-order valence-corrected chi connectivity index (χ4v) is 4.15. The summed E-state index contributed by atoms with van der Waals surface area (Å²) < 4.78 is 2.82. The molecule has 2 aromatic carbocycles. The lowest BCUT2D eigenvalue weighted by atomic mass is 10.2. The molecule has 26 heavy (non-hydrogen) atoms. The lowest BCUT2D eigenvalue weighted by molar-refractivity contribution is -0.116. The fraction of sp³-hybridized carbons (Fsp3) is 0.105. The van der Waals surface area contributed by atoms with Crippen molar-refractivity contribution in [1.82, 2.24) is 4.57 Å². The van der Waals surface area contributed by atoms with Crippen LogP contribution in [0.5, 0.6) is 0 Å². The molecule has 0 unspecified atom stereocenters. The van der Waals surface area contributed by atoms with Crippen LogP contribution >= 0.6 is 39.5 Å². The van der Waals surface area contributed by atoms with E-state index in [0.717, 1.165) is 14.9 Å². The summed E-state index contributed by atoms with van der Waals surface area (Å²) in [4.78, 5) is 25.4. The summed E-state index contributed by atoms with van der Waals surface area (Å²) in [5.74, 6) is -0.165. The largest absolute Gasteiger partial charge is 0.326 e. The fourth-order valence-electron chi connectivity index (χ4n) is 2.41. The van der Waals surface area contributed by atoms with Crippen molar-refractivity contribution in [3.05, 3.63) is 79.4 Å². The molecule has 1 aromatic heterocycles. The van der Waals surface area contributed by atoms with Gasteiger partial charge in [0.05, 0.1) is 0 Å². The van der Waals surface area contributed by atoms with Crippen LogP contribution in [-0.2, 0) is 11.3 Å². The van der Waals surface area contributed by atoms with E-state index < -0.39 is 0 Å². The molecule has 3 rings (SSSR count). The van der Waals surface area contributed by atoms with E-state index in [2.05, 4.69) is 21.2 Å². The maximum Gasteiger partial charge on any atom is 0.253 e. The lowest BCUT2D eigenvalue weighted by Crippen LogP contribution is -2.22. The molecule has 0 atom stereocenters. The highest BCUT2D eigenvalue weighted by atomic mass is 79.9. The number of carbonyl (C=O) groups excluding carboxylic acids is 1. The summed E-state index contributed by atoms with van der Waals surface area (Å²) >= 11 is 10.1. The monoisotopic (exact) mass is 446 g/mol. The van der Waals surface area contributed by atoms with Gasteiger partial charge in [0.25, 0.3) is 5.56 Å². The Morgan fingerprint density at radius 2 is 1.88 bits per heavy atom. The van der Waals surface area contributed by atoms with Crippen molar-refractivity contribution in [2.24, 2.45) is 0 Å². The van der Waals surface area contributed by atoms with Crippen LogP contribution in [0.1, 0.15) is 6.42 Å². The standard InChI is InChI=1S/C19H15BrN2O2S2/c20-14-7-4-8-15(11-14)21-17(23)9-10-22-18(24)12-16(26-19(22)25)13-5-2-1-3-6-13/h1-8,11-12H,9-10H2,(H,21,23). The minimum atomic E-state index is -0.192. The average molecular weight is 447 g/mol. The van der Waals surface area contributed by atoms with Gasteiger partial charge in [-0.2, -0.15) is 0 Å². The van der Waals surface area contributed by atoms with Gasteiger partial charge in [-0.25, -0.2) is 0 Å². The van der Waals surface area contributed by atoms with Crippen LogP contribution in [0.15, 0.2) is 69.9 Å². The third kappa shape index (κ3) is 4.75. The molecule has 0 bridgehead atoms. The Labute approximate surface area is 168 Å². The number of rotatable bonds is 5. The van der Waals surface area contributed by atoms with E-state index in [4.69, 9.17) is 12.2 Å². The Morgan fingerprint density at radius 1 is 1.12 bits per heavy atom. The van der Waals surface area contributed by atoms with Crippen molar-refractivity contribution in [1.29, 1.82) is 0 Å². The highest BCUT2D eigenvalue weighted by Crippen LogP contribution is 2.22. The van der Waals surface area contributed by atoms with Crippen LogP contribution in [0.3, 0.4) is 0 Å². The summed E-state index contributed by atoms with van der Waals surface area (Å²) in [6.45, 7) is 0.253. The van der Waals surface area contributed by atoms with Gasteiger partial charge in [-0.1, -0.05) is 52.3 Å². The molecular weight excluding hydrogens is 432 g/mol. The molecule has 0 saturated heterocycles. The van der Waals surface area contributed by atoms with Crippen molar-refractivity contribution >= 4 is 51.1 Å². The molecule has 0 aliphatic carbocycles. The van der Waals surface area contributed by atoms with Crippen LogP contribution in [0.25, 0.3) is 10.4 Å². The SMILES string of the molecule is O=C(CCn1c(=O)cc(-c2ccccc2)sc1=S)Nc1cccc(Br)c1. The number of hydrogen-bond donors (Lipinski definition) is 1. The molecule has 7 heteroatoms. The Balaban J connectivity index is 1.71. The van der Waals surface area contributed by atoms with Crippen LogP contribution in [0.4, 0.5) is 5.69 Å². The molecular formula is C19H15BrN2O2S2. The third-order valence-corrected chi connectivity index (χ3v) is 5.60. The van der Waals surface area contributed by atoms with Crippen LogP contribution in [-0.4, -0.2) is 10.5 Å². The second-order valence-electron chi connectivity index (χ2n) is 5.54. The number of carbonyl (C=O) groups is 1. The molecule has 0 fully saturated rings. The number of benzene rings is 2. The zero-order valence-electron chi connectivity index (χ0n) is 13.6. The molecule has 0 aliphatic heterocycles. The average Bonchev–Trinajstić information content (AvgIpc) is 2.61. The number of hydrogen-bond acceptors (Lipinski definition) is 4. The molecule has 0 saturated carbocycles. The summed E-state index contributed by atoms with van der Waals surface area (Å²) in [6.07, 6.45) is 0.174. The molecule has 1 amide bonds. The number of anilines is 1. The highest BCUT2D eigenvalue weighted by molar-refractivity contribution is 9.10. The first kappa shape index (κ1) is 18.7. The van der Waals surface area contributed by atoms with Crippen LogP contribution < -0.4 is 10.9 Å². The first-order valence-electron chi connectivity index (χ1n) is 7.89. The van der Waals surface area contributed by atoms with E-state index in [1.807, 2.05) is 54.6 Å². The molecule has 1 heterocycles. The van der Waals surface area contributed by atoms with Gasteiger partial charge < -0.3 is 5.32 Å². The Kier molecular flexibility index (Phi) is 6.13. The smallest absolute Gasteiger partial charge is 0.253 e. The van der Waals surface area contributed by atoms with E-state index in [1.165, 1.54) is 15.9 Å². The Hall–Kier alpha value is -2.09. The number of halogens is 1. The van der Waals surface area contributed by atoms with Crippen molar-refractivity contribution < 1.29 is 4.79 Å². The number of aromatic nitrogens is 1. The number of amides is 1. The normalized spacial score (nSPS) is 10.5. The van der Waals surface area contributed by atoms with Gasteiger partial charge in [-0.05, 0) is 36.0 Å². The maximum absolute atomic E-state index is 12.4. The number of nitrogens with zero attached hydrogens (tertiary/aromatic N) is 1. The quantitative estimate of drug-likeness (QED) is 0.554. The Morgan fingerprint density at radius 3 is 2.58 bits per heavy atom. The first-order chi connectivity index (χ1) is 12.5. The van der Waals surface area contributed by atoms with Crippen LogP contribution in [0, 0.1) is 3.95 Å². The number of nitrogens with one attached hydrogen (secondary N) is 1. The van der Waals surface area contributed by atoms with E-state index in [-0.39, 0.29) is 24.4 Å². The third-order valence-electron chi connectivity index (χ3n) is 3.67. The zero-order chi connectivity index (χ0) is 18.5. The molecule has 0 radical (unpaired) electrons. The molecule has 0 aliphatic rings. The van der Waals surface area contributed by atoms with E-state index in [0.29, 0.717) is 9.64 Å². The highest BCUT2D eigenvalue weighted by Gasteiger charge is 2.08. The van der Waals surface area contributed by atoms with Crippen molar-refractivity contribution in [2.75, 3.05) is 5.32 Å². The summed E-state index contributed by atoms with van der Waals surface area (Å²) in [5.41, 5.74) is 1.47. The van der Waals surface area contributed by atoms with Gasteiger partial charge in [0.15, 0.2) is 3.95 Å². The lowest BCUT2D eigenvalue weighted by Gasteiger charge is -2.08. The van der Waals surface area contributed by atoms with Gasteiger partial charge in [-0.3, -0.25) is 14.2 Å². The molecule has 0 spiro atoms. The Bertz CT molecular complexity index is 1010. The predicted molar refractivity (Wildman–Crippen MR) is 112 cm³/mol. The van der Waals surface area contributed by atoms with Gasteiger partial charge in [0.2, 0.25) is 5.91 Å². The van der Waals surface area contributed by atoms with E-state index in [1.54, 1.807) is 6.07 Å².